The van der Waals surface area contributed by atoms with Crippen LogP contribution < -0.4 is 5.32 Å². The molecule has 0 aromatic heterocycles. The summed E-state index contributed by atoms with van der Waals surface area (Å²) in [5.74, 6) is -0.625. The molecule has 0 aliphatic rings. The van der Waals surface area contributed by atoms with Crippen LogP contribution in [-0.2, 0) is 15.6 Å². The predicted molar refractivity (Wildman–Crippen MR) is 70.2 cm³/mol. The maximum Gasteiger partial charge on any atom is 0.236 e. The van der Waals surface area contributed by atoms with Crippen molar-refractivity contribution in [3.05, 3.63) is 30.1 Å². The standard InChI is InChI=1S/C13H18FNO2S/c1-4-9(2)15-13(16)10(3)18(17)12-7-5-11(14)6-8-12/h5-10H,4H2,1-3H3,(H,15,16). The van der Waals surface area contributed by atoms with Crippen molar-refractivity contribution in [2.24, 2.45) is 0 Å². The molecule has 1 rings (SSSR count). The minimum atomic E-state index is -1.46. The molecule has 3 unspecified atom stereocenters. The number of amides is 1. The van der Waals surface area contributed by atoms with Gasteiger partial charge in [0.15, 0.2) is 0 Å². The van der Waals surface area contributed by atoms with Crippen LogP contribution in [0.15, 0.2) is 29.2 Å². The van der Waals surface area contributed by atoms with E-state index in [-0.39, 0.29) is 17.8 Å². The molecule has 100 valence electrons. The van der Waals surface area contributed by atoms with Gasteiger partial charge in [-0.15, -0.1) is 0 Å². The fourth-order valence-corrected chi connectivity index (χ4v) is 2.41. The average molecular weight is 271 g/mol. The minimum absolute atomic E-state index is 0.0603. The van der Waals surface area contributed by atoms with Crippen molar-refractivity contribution < 1.29 is 13.4 Å². The predicted octanol–water partition coefficient (Wildman–Crippen LogP) is 2.24. The second kappa shape index (κ2) is 6.64. The maximum absolute atomic E-state index is 12.7. The smallest absolute Gasteiger partial charge is 0.236 e. The molecule has 0 spiro atoms. The van der Waals surface area contributed by atoms with Gasteiger partial charge in [-0.25, -0.2) is 4.39 Å². The van der Waals surface area contributed by atoms with Gasteiger partial charge in [0.2, 0.25) is 5.91 Å². The Hall–Kier alpha value is -1.23. The number of hydrogen-bond acceptors (Lipinski definition) is 2. The Kier molecular flexibility index (Phi) is 5.47. The molecule has 0 aliphatic heterocycles. The Morgan fingerprint density at radius 2 is 1.89 bits per heavy atom. The van der Waals surface area contributed by atoms with Gasteiger partial charge in [-0.05, 0) is 44.5 Å². The van der Waals surface area contributed by atoms with Crippen LogP contribution in [0, 0.1) is 5.82 Å². The largest absolute Gasteiger partial charge is 0.353 e. The molecule has 3 nitrogen and oxygen atoms in total. The Morgan fingerprint density at radius 1 is 1.33 bits per heavy atom. The highest BCUT2D eigenvalue weighted by atomic mass is 32.2. The Labute approximate surface area is 109 Å². The molecule has 0 aliphatic carbocycles. The average Bonchev–Trinajstić information content (AvgIpc) is 2.37. The number of rotatable bonds is 5. The van der Waals surface area contributed by atoms with Gasteiger partial charge >= 0.3 is 0 Å². The van der Waals surface area contributed by atoms with E-state index in [9.17, 15) is 13.4 Å². The molecular weight excluding hydrogens is 253 g/mol. The summed E-state index contributed by atoms with van der Waals surface area (Å²) in [5.41, 5.74) is 0. The van der Waals surface area contributed by atoms with E-state index < -0.39 is 16.0 Å². The second-order valence-corrected chi connectivity index (χ2v) is 5.98. The van der Waals surface area contributed by atoms with Crippen LogP contribution in [0.25, 0.3) is 0 Å². The molecule has 1 amide bonds. The number of carbonyl (C=O) groups excluding carboxylic acids is 1. The summed E-state index contributed by atoms with van der Waals surface area (Å²) in [5, 5.41) is 2.14. The molecule has 0 radical (unpaired) electrons. The molecule has 1 N–H and O–H groups in total. The first kappa shape index (κ1) is 14.8. The molecule has 18 heavy (non-hydrogen) atoms. The Balaban J connectivity index is 2.71. The Morgan fingerprint density at radius 3 is 2.39 bits per heavy atom. The van der Waals surface area contributed by atoms with Crippen molar-refractivity contribution in [2.75, 3.05) is 0 Å². The van der Waals surface area contributed by atoms with Crippen molar-refractivity contribution in [1.82, 2.24) is 5.32 Å². The zero-order chi connectivity index (χ0) is 13.7. The lowest BCUT2D eigenvalue weighted by molar-refractivity contribution is -0.120. The van der Waals surface area contributed by atoms with Crippen molar-refractivity contribution in [1.29, 1.82) is 0 Å². The van der Waals surface area contributed by atoms with E-state index in [1.165, 1.54) is 24.3 Å². The SMILES string of the molecule is CCC(C)NC(=O)C(C)S(=O)c1ccc(F)cc1. The van der Waals surface area contributed by atoms with E-state index in [0.717, 1.165) is 6.42 Å². The first-order valence-electron chi connectivity index (χ1n) is 5.92. The molecule has 0 saturated carbocycles. The van der Waals surface area contributed by atoms with Crippen LogP contribution >= 0.6 is 0 Å². The van der Waals surface area contributed by atoms with Crippen LogP contribution in [0.5, 0.6) is 0 Å². The molecule has 3 atom stereocenters. The summed E-state index contributed by atoms with van der Waals surface area (Å²) in [6, 6.07) is 5.43. The van der Waals surface area contributed by atoms with Gasteiger partial charge in [-0.1, -0.05) is 6.92 Å². The van der Waals surface area contributed by atoms with Crippen molar-refractivity contribution in [2.45, 2.75) is 43.4 Å². The Bertz CT molecular complexity index is 433. The third-order valence-electron chi connectivity index (χ3n) is 2.74. The lowest BCUT2D eigenvalue weighted by Gasteiger charge is -2.16. The van der Waals surface area contributed by atoms with Gasteiger partial charge in [0.1, 0.15) is 11.1 Å². The molecule has 0 saturated heterocycles. The lowest BCUT2D eigenvalue weighted by Crippen LogP contribution is -2.40. The minimum Gasteiger partial charge on any atom is -0.353 e. The molecule has 0 fully saturated rings. The van der Waals surface area contributed by atoms with Gasteiger partial charge < -0.3 is 5.32 Å². The third-order valence-corrected chi connectivity index (χ3v) is 4.33. The van der Waals surface area contributed by atoms with Gasteiger partial charge in [-0.2, -0.15) is 0 Å². The van der Waals surface area contributed by atoms with Crippen molar-refractivity contribution in [3.63, 3.8) is 0 Å². The van der Waals surface area contributed by atoms with Gasteiger partial charge in [0.25, 0.3) is 0 Å². The van der Waals surface area contributed by atoms with E-state index in [1.807, 2.05) is 13.8 Å². The highest BCUT2D eigenvalue weighted by Gasteiger charge is 2.22. The fraction of sp³-hybridized carbons (Fsp3) is 0.462. The van der Waals surface area contributed by atoms with Gasteiger partial charge in [-0.3, -0.25) is 9.00 Å². The van der Waals surface area contributed by atoms with Gasteiger partial charge in [0, 0.05) is 10.9 Å². The number of carbonyl (C=O) groups is 1. The number of benzene rings is 1. The molecule has 5 heteroatoms. The van der Waals surface area contributed by atoms with E-state index in [4.69, 9.17) is 0 Å². The summed E-state index contributed by atoms with van der Waals surface area (Å²) < 4.78 is 24.8. The van der Waals surface area contributed by atoms with E-state index in [2.05, 4.69) is 5.32 Å². The summed E-state index contributed by atoms with van der Waals surface area (Å²) >= 11 is 0. The highest BCUT2D eigenvalue weighted by molar-refractivity contribution is 7.86. The summed E-state index contributed by atoms with van der Waals surface area (Å²) in [6.07, 6.45) is 0.821. The number of halogens is 1. The van der Waals surface area contributed by atoms with Crippen LogP contribution in [0.3, 0.4) is 0 Å². The topological polar surface area (TPSA) is 46.2 Å². The molecule has 0 heterocycles. The van der Waals surface area contributed by atoms with E-state index in [0.29, 0.717) is 4.90 Å². The van der Waals surface area contributed by atoms with Crippen LogP contribution in [0.4, 0.5) is 4.39 Å². The second-order valence-electron chi connectivity index (χ2n) is 4.21. The molecular formula is C13H18FNO2S. The molecule has 1 aromatic rings. The number of hydrogen-bond donors (Lipinski definition) is 1. The van der Waals surface area contributed by atoms with Crippen molar-refractivity contribution in [3.8, 4) is 0 Å². The quantitative estimate of drug-likeness (QED) is 0.892. The summed E-state index contributed by atoms with van der Waals surface area (Å²) in [6.45, 7) is 5.47. The van der Waals surface area contributed by atoms with Gasteiger partial charge in [0.05, 0.1) is 10.8 Å². The van der Waals surface area contributed by atoms with E-state index >= 15 is 0 Å². The zero-order valence-electron chi connectivity index (χ0n) is 10.8. The highest BCUT2D eigenvalue weighted by Crippen LogP contribution is 2.12. The number of nitrogens with one attached hydrogen (secondary N) is 1. The van der Waals surface area contributed by atoms with Crippen LogP contribution in [0.2, 0.25) is 0 Å². The normalized spacial score (nSPS) is 15.8. The fourth-order valence-electron chi connectivity index (χ4n) is 1.33. The summed E-state index contributed by atoms with van der Waals surface area (Å²) in [4.78, 5) is 12.3. The molecule has 1 aromatic carbocycles. The first-order chi connectivity index (χ1) is 8.45. The maximum atomic E-state index is 12.7. The monoisotopic (exact) mass is 271 g/mol. The lowest BCUT2D eigenvalue weighted by atomic mass is 10.2. The molecule has 0 bridgehead atoms. The third kappa shape index (κ3) is 3.91. The van der Waals surface area contributed by atoms with Crippen LogP contribution in [-0.4, -0.2) is 21.4 Å². The van der Waals surface area contributed by atoms with E-state index in [1.54, 1.807) is 6.92 Å². The van der Waals surface area contributed by atoms with Crippen molar-refractivity contribution >= 4 is 16.7 Å². The van der Waals surface area contributed by atoms with Crippen LogP contribution in [0.1, 0.15) is 27.2 Å². The first-order valence-corrected chi connectivity index (χ1v) is 7.13. The summed E-state index contributed by atoms with van der Waals surface area (Å²) in [7, 11) is -1.46. The zero-order valence-corrected chi connectivity index (χ0v) is 11.6.